The third-order valence-electron chi connectivity index (χ3n) is 3.98. The van der Waals surface area contributed by atoms with Gasteiger partial charge >= 0.3 is 0 Å². The number of rotatable bonds is 7. The molecule has 3 rings (SSSR count). The number of furan rings is 1. The fourth-order valence-electron chi connectivity index (χ4n) is 2.48. The van der Waals surface area contributed by atoms with E-state index in [9.17, 15) is 4.79 Å². The van der Waals surface area contributed by atoms with Crippen LogP contribution in [-0.4, -0.2) is 15.7 Å². The minimum Gasteiger partial charge on any atom is -0.484 e. The first-order valence-corrected chi connectivity index (χ1v) is 9.20. The number of nitrogens with one attached hydrogen (secondary N) is 1. The van der Waals surface area contributed by atoms with E-state index in [-0.39, 0.29) is 18.3 Å². The van der Waals surface area contributed by atoms with Gasteiger partial charge in [0.15, 0.2) is 5.76 Å². The molecular formula is C19H19Cl2N3O3. The molecule has 6 nitrogen and oxygen atoms in total. The van der Waals surface area contributed by atoms with E-state index in [0.717, 1.165) is 17.8 Å². The Morgan fingerprint density at radius 1 is 1.30 bits per heavy atom. The highest BCUT2D eigenvalue weighted by atomic mass is 35.5. The highest BCUT2D eigenvalue weighted by Gasteiger charge is 2.13. The SMILES string of the molecule is CCn1cc(CNC(=O)c2ccc(COc3cccc(Cl)c3Cl)o2)c(C)n1. The summed E-state index contributed by atoms with van der Waals surface area (Å²) in [6.45, 7) is 5.23. The lowest BCUT2D eigenvalue weighted by molar-refractivity contribution is 0.0919. The van der Waals surface area contributed by atoms with Crippen molar-refractivity contribution in [3.8, 4) is 5.75 Å². The quantitative estimate of drug-likeness (QED) is 0.620. The highest BCUT2D eigenvalue weighted by Crippen LogP contribution is 2.32. The van der Waals surface area contributed by atoms with E-state index in [1.165, 1.54) is 0 Å². The smallest absolute Gasteiger partial charge is 0.287 e. The van der Waals surface area contributed by atoms with Crippen LogP contribution in [0.5, 0.6) is 5.75 Å². The van der Waals surface area contributed by atoms with Crippen molar-refractivity contribution in [1.82, 2.24) is 15.1 Å². The van der Waals surface area contributed by atoms with Crippen LogP contribution in [0.1, 0.15) is 34.5 Å². The number of amides is 1. The maximum Gasteiger partial charge on any atom is 0.287 e. The first-order valence-electron chi connectivity index (χ1n) is 8.44. The minimum absolute atomic E-state index is 0.135. The third-order valence-corrected chi connectivity index (χ3v) is 4.78. The molecule has 0 aliphatic rings. The summed E-state index contributed by atoms with van der Waals surface area (Å²) in [6.07, 6.45) is 1.92. The first-order chi connectivity index (χ1) is 13.0. The Morgan fingerprint density at radius 3 is 2.85 bits per heavy atom. The standard InChI is InChI=1S/C19H19Cl2N3O3/c1-3-24-10-13(12(2)23-24)9-22-19(25)17-8-7-14(27-17)11-26-16-6-4-5-15(20)18(16)21/h4-8,10H,3,9,11H2,1-2H3,(H,22,25). The van der Waals surface area contributed by atoms with Gasteiger partial charge in [0.1, 0.15) is 23.1 Å². The Labute approximate surface area is 167 Å². The summed E-state index contributed by atoms with van der Waals surface area (Å²) in [5.41, 5.74) is 1.86. The molecule has 0 fully saturated rings. The van der Waals surface area contributed by atoms with E-state index < -0.39 is 0 Å². The van der Waals surface area contributed by atoms with E-state index >= 15 is 0 Å². The van der Waals surface area contributed by atoms with Gasteiger partial charge in [-0.3, -0.25) is 9.48 Å². The van der Waals surface area contributed by atoms with Gasteiger partial charge in [-0.25, -0.2) is 0 Å². The molecule has 27 heavy (non-hydrogen) atoms. The summed E-state index contributed by atoms with van der Waals surface area (Å²) in [4.78, 5) is 12.3. The zero-order valence-corrected chi connectivity index (χ0v) is 16.5. The van der Waals surface area contributed by atoms with Gasteiger partial charge in [-0.1, -0.05) is 29.3 Å². The van der Waals surface area contributed by atoms with Crippen molar-refractivity contribution in [2.24, 2.45) is 0 Å². The van der Waals surface area contributed by atoms with E-state index in [2.05, 4.69) is 10.4 Å². The molecular weight excluding hydrogens is 389 g/mol. The Morgan fingerprint density at radius 2 is 2.11 bits per heavy atom. The number of aryl methyl sites for hydroxylation is 2. The number of nitrogens with zero attached hydrogens (tertiary/aromatic N) is 2. The van der Waals surface area contributed by atoms with Gasteiger partial charge < -0.3 is 14.5 Å². The zero-order valence-electron chi connectivity index (χ0n) is 15.0. The van der Waals surface area contributed by atoms with Crippen LogP contribution in [0.3, 0.4) is 0 Å². The van der Waals surface area contributed by atoms with Crippen molar-refractivity contribution in [1.29, 1.82) is 0 Å². The predicted molar refractivity (Wildman–Crippen MR) is 103 cm³/mol. The summed E-state index contributed by atoms with van der Waals surface area (Å²) < 4.78 is 13.0. The minimum atomic E-state index is -0.300. The molecule has 2 heterocycles. The van der Waals surface area contributed by atoms with E-state index in [1.807, 2.05) is 24.7 Å². The molecule has 142 valence electrons. The topological polar surface area (TPSA) is 69.3 Å². The van der Waals surface area contributed by atoms with E-state index in [4.69, 9.17) is 32.4 Å². The average Bonchev–Trinajstić information content (AvgIpc) is 3.27. The molecule has 0 saturated carbocycles. The molecule has 0 radical (unpaired) electrons. The number of carbonyl (C=O) groups excluding carboxylic acids is 1. The van der Waals surface area contributed by atoms with Crippen molar-refractivity contribution >= 4 is 29.1 Å². The molecule has 2 aromatic heterocycles. The number of ether oxygens (including phenoxy) is 1. The number of benzene rings is 1. The number of halogens is 2. The number of hydrogen-bond acceptors (Lipinski definition) is 4. The summed E-state index contributed by atoms with van der Waals surface area (Å²) in [6, 6.07) is 8.43. The zero-order chi connectivity index (χ0) is 19.4. The molecule has 0 aliphatic carbocycles. The molecule has 8 heteroatoms. The number of aromatic nitrogens is 2. The Kier molecular flexibility index (Phi) is 6.08. The van der Waals surface area contributed by atoms with Crippen LogP contribution in [0.15, 0.2) is 40.9 Å². The van der Waals surface area contributed by atoms with Crippen LogP contribution in [-0.2, 0) is 19.7 Å². The van der Waals surface area contributed by atoms with Gasteiger partial charge in [-0.05, 0) is 38.1 Å². The van der Waals surface area contributed by atoms with Gasteiger partial charge in [-0.15, -0.1) is 0 Å². The predicted octanol–water partition coefficient (Wildman–Crippen LogP) is 4.62. The summed E-state index contributed by atoms with van der Waals surface area (Å²) >= 11 is 12.0. The van der Waals surface area contributed by atoms with Crippen molar-refractivity contribution < 1.29 is 13.9 Å². The maximum atomic E-state index is 12.3. The van der Waals surface area contributed by atoms with E-state index in [1.54, 1.807) is 30.3 Å². The van der Waals surface area contributed by atoms with Gasteiger partial charge in [-0.2, -0.15) is 5.10 Å². The molecule has 0 saturated heterocycles. The van der Waals surface area contributed by atoms with Gasteiger partial charge in [0.05, 0.1) is 10.7 Å². The lowest BCUT2D eigenvalue weighted by Crippen LogP contribution is -2.22. The Bertz CT molecular complexity index is 950. The second-order valence-electron chi connectivity index (χ2n) is 5.88. The van der Waals surface area contributed by atoms with Gasteiger partial charge in [0, 0.05) is 24.8 Å². The molecule has 3 aromatic rings. The summed E-state index contributed by atoms with van der Waals surface area (Å²) in [5.74, 6) is 0.873. The average molecular weight is 408 g/mol. The summed E-state index contributed by atoms with van der Waals surface area (Å²) in [7, 11) is 0. The van der Waals surface area contributed by atoms with Crippen LogP contribution in [0.25, 0.3) is 0 Å². The lowest BCUT2D eigenvalue weighted by Gasteiger charge is -2.07. The van der Waals surface area contributed by atoms with Gasteiger partial charge in [0.25, 0.3) is 5.91 Å². The second-order valence-corrected chi connectivity index (χ2v) is 6.67. The Balaban J connectivity index is 1.57. The highest BCUT2D eigenvalue weighted by molar-refractivity contribution is 6.42. The van der Waals surface area contributed by atoms with E-state index in [0.29, 0.717) is 28.1 Å². The van der Waals surface area contributed by atoms with Crippen molar-refractivity contribution in [2.45, 2.75) is 33.5 Å². The third kappa shape index (κ3) is 4.64. The fourth-order valence-corrected chi connectivity index (χ4v) is 2.83. The number of carbonyl (C=O) groups is 1. The monoisotopic (exact) mass is 407 g/mol. The molecule has 0 unspecified atom stereocenters. The van der Waals surface area contributed by atoms with Crippen molar-refractivity contribution in [3.63, 3.8) is 0 Å². The van der Waals surface area contributed by atoms with Crippen molar-refractivity contribution in [3.05, 3.63) is 69.4 Å². The molecule has 1 amide bonds. The molecule has 1 N–H and O–H groups in total. The van der Waals surface area contributed by atoms with Crippen molar-refractivity contribution in [2.75, 3.05) is 0 Å². The number of hydrogen-bond donors (Lipinski definition) is 1. The molecule has 0 spiro atoms. The molecule has 0 bridgehead atoms. The normalized spacial score (nSPS) is 10.8. The van der Waals surface area contributed by atoms with Crippen LogP contribution in [0.4, 0.5) is 0 Å². The maximum absolute atomic E-state index is 12.3. The first kappa shape index (κ1) is 19.3. The largest absolute Gasteiger partial charge is 0.484 e. The van der Waals surface area contributed by atoms with Crippen LogP contribution < -0.4 is 10.1 Å². The van der Waals surface area contributed by atoms with Gasteiger partial charge in [0.2, 0.25) is 0 Å². The summed E-state index contributed by atoms with van der Waals surface area (Å²) in [5, 5.41) is 7.94. The van der Waals surface area contributed by atoms with Crippen LogP contribution in [0.2, 0.25) is 10.0 Å². The fraction of sp³-hybridized carbons (Fsp3) is 0.263. The Hall–Kier alpha value is -2.44. The molecule has 1 aromatic carbocycles. The lowest BCUT2D eigenvalue weighted by atomic mass is 10.2. The molecule has 0 atom stereocenters. The molecule has 0 aliphatic heterocycles. The van der Waals surface area contributed by atoms with Crippen LogP contribution >= 0.6 is 23.2 Å². The van der Waals surface area contributed by atoms with Crippen LogP contribution in [0, 0.1) is 6.92 Å². The second kappa shape index (κ2) is 8.50.